The van der Waals surface area contributed by atoms with E-state index in [4.69, 9.17) is 0 Å². The van der Waals surface area contributed by atoms with Gasteiger partial charge in [0.15, 0.2) is 0 Å². The molecule has 2 aromatic carbocycles. The van der Waals surface area contributed by atoms with Gasteiger partial charge in [0.2, 0.25) is 0 Å². The minimum Gasteiger partial charge on any atom is -0.317 e. The maximum absolute atomic E-state index is 13.9. The first-order chi connectivity index (χ1) is 13.1. The molecule has 0 radical (unpaired) electrons. The number of rotatable bonds is 6. The van der Waals surface area contributed by atoms with E-state index in [1.54, 1.807) is 12.1 Å². The van der Waals surface area contributed by atoms with Crippen molar-refractivity contribution in [1.82, 2.24) is 9.80 Å². The Balaban J connectivity index is 1.69. The third-order valence-corrected chi connectivity index (χ3v) is 5.82. The second-order valence-corrected chi connectivity index (χ2v) is 7.63. The van der Waals surface area contributed by atoms with E-state index in [9.17, 15) is 9.18 Å². The smallest absolute Gasteiger partial charge is 0.255 e. The van der Waals surface area contributed by atoms with Gasteiger partial charge in [-0.3, -0.25) is 9.69 Å². The Bertz CT molecular complexity index is 839. The SMILES string of the molecule is CCCc1cccc(CCC)c1CN1CCN2C(=O)c3ccc(F)cc3C12. The lowest BCUT2D eigenvalue weighted by atomic mass is 9.94. The maximum Gasteiger partial charge on any atom is 0.255 e. The summed E-state index contributed by atoms with van der Waals surface area (Å²) in [6.45, 7) is 6.78. The van der Waals surface area contributed by atoms with E-state index in [2.05, 4.69) is 36.9 Å². The maximum atomic E-state index is 13.9. The van der Waals surface area contributed by atoms with Crippen molar-refractivity contribution in [2.45, 2.75) is 52.2 Å². The van der Waals surface area contributed by atoms with Crippen molar-refractivity contribution in [3.05, 3.63) is 70.0 Å². The van der Waals surface area contributed by atoms with Crippen molar-refractivity contribution in [3.8, 4) is 0 Å². The predicted molar refractivity (Wildman–Crippen MR) is 105 cm³/mol. The molecule has 0 aromatic heterocycles. The molecule has 4 rings (SSSR count). The Morgan fingerprint density at radius 3 is 2.41 bits per heavy atom. The predicted octanol–water partition coefficient (Wildman–Crippen LogP) is 4.70. The Kier molecular flexibility index (Phi) is 5.00. The monoisotopic (exact) mass is 366 g/mol. The van der Waals surface area contributed by atoms with E-state index in [0.717, 1.165) is 44.3 Å². The fraction of sp³-hybridized carbons (Fsp3) is 0.435. The number of fused-ring (bicyclic) bond motifs is 3. The van der Waals surface area contributed by atoms with E-state index in [-0.39, 0.29) is 17.9 Å². The summed E-state index contributed by atoms with van der Waals surface area (Å²) in [6, 6.07) is 11.2. The van der Waals surface area contributed by atoms with Gasteiger partial charge in [0, 0.05) is 30.8 Å². The van der Waals surface area contributed by atoms with Gasteiger partial charge < -0.3 is 4.90 Å². The van der Waals surface area contributed by atoms with Crippen LogP contribution in [0.25, 0.3) is 0 Å². The van der Waals surface area contributed by atoms with Crippen LogP contribution < -0.4 is 0 Å². The number of aryl methyl sites for hydroxylation is 2. The second-order valence-electron chi connectivity index (χ2n) is 7.63. The van der Waals surface area contributed by atoms with Gasteiger partial charge in [-0.05, 0) is 47.7 Å². The Morgan fingerprint density at radius 1 is 1.04 bits per heavy atom. The third-order valence-electron chi connectivity index (χ3n) is 5.82. The topological polar surface area (TPSA) is 23.6 Å². The van der Waals surface area contributed by atoms with E-state index in [1.165, 1.54) is 22.8 Å². The first-order valence-corrected chi connectivity index (χ1v) is 10.1. The summed E-state index contributed by atoms with van der Waals surface area (Å²) in [5.74, 6) is -0.235. The molecule has 1 amide bonds. The molecule has 2 aliphatic rings. The zero-order valence-corrected chi connectivity index (χ0v) is 16.2. The number of carbonyl (C=O) groups is 1. The lowest BCUT2D eigenvalue weighted by Gasteiger charge is -2.27. The van der Waals surface area contributed by atoms with Crippen molar-refractivity contribution in [3.63, 3.8) is 0 Å². The van der Waals surface area contributed by atoms with Crippen LogP contribution >= 0.6 is 0 Å². The molecule has 0 spiro atoms. The molecule has 2 aliphatic heterocycles. The van der Waals surface area contributed by atoms with Gasteiger partial charge in [-0.25, -0.2) is 4.39 Å². The van der Waals surface area contributed by atoms with Gasteiger partial charge in [0.1, 0.15) is 12.0 Å². The van der Waals surface area contributed by atoms with Crippen LogP contribution in [0.15, 0.2) is 36.4 Å². The minimum atomic E-state index is -0.270. The van der Waals surface area contributed by atoms with Crippen molar-refractivity contribution in [1.29, 1.82) is 0 Å². The zero-order valence-electron chi connectivity index (χ0n) is 16.2. The highest BCUT2D eigenvalue weighted by Crippen LogP contribution is 2.41. The number of halogens is 1. The minimum absolute atomic E-state index is 0.0353. The first kappa shape index (κ1) is 18.2. The van der Waals surface area contributed by atoms with Crippen LogP contribution in [-0.2, 0) is 19.4 Å². The molecule has 3 nitrogen and oxygen atoms in total. The summed E-state index contributed by atoms with van der Waals surface area (Å²) in [7, 11) is 0. The molecule has 2 aromatic rings. The van der Waals surface area contributed by atoms with Crippen LogP contribution in [-0.4, -0.2) is 28.8 Å². The van der Waals surface area contributed by atoms with Gasteiger partial charge in [-0.15, -0.1) is 0 Å². The standard InChI is InChI=1S/C23H27FN2O/c1-3-6-16-8-5-9-17(7-4-2)21(16)15-25-12-13-26-22(25)20-14-18(24)10-11-19(20)23(26)27/h5,8-11,14,22H,3-4,6-7,12-13,15H2,1-2H3. The highest BCUT2D eigenvalue weighted by molar-refractivity contribution is 5.99. The van der Waals surface area contributed by atoms with E-state index >= 15 is 0 Å². The average Bonchev–Trinajstić information content (AvgIpc) is 3.18. The molecule has 1 atom stereocenters. The van der Waals surface area contributed by atoms with Crippen LogP contribution in [0.2, 0.25) is 0 Å². The number of amides is 1. The molecule has 1 saturated heterocycles. The normalized spacial score (nSPS) is 18.9. The summed E-state index contributed by atoms with van der Waals surface area (Å²) in [4.78, 5) is 16.9. The second kappa shape index (κ2) is 7.43. The molecule has 1 unspecified atom stereocenters. The number of carbonyl (C=O) groups excluding carboxylic acids is 1. The molecule has 0 bridgehead atoms. The van der Waals surface area contributed by atoms with Crippen molar-refractivity contribution >= 4 is 5.91 Å². The van der Waals surface area contributed by atoms with Gasteiger partial charge in [-0.1, -0.05) is 44.9 Å². The summed E-state index contributed by atoms with van der Waals surface area (Å²) >= 11 is 0. The fourth-order valence-corrected chi connectivity index (χ4v) is 4.62. The largest absolute Gasteiger partial charge is 0.317 e. The van der Waals surface area contributed by atoms with E-state index < -0.39 is 0 Å². The zero-order chi connectivity index (χ0) is 19.0. The van der Waals surface area contributed by atoms with Gasteiger partial charge in [-0.2, -0.15) is 0 Å². The molecule has 1 fully saturated rings. The molecule has 4 heteroatoms. The van der Waals surface area contributed by atoms with Crippen molar-refractivity contribution in [2.24, 2.45) is 0 Å². The summed E-state index contributed by atoms with van der Waals surface area (Å²) in [5.41, 5.74) is 5.70. The summed E-state index contributed by atoms with van der Waals surface area (Å²) < 4.78 is 13.9. The van der Waals surface area contributed by atoms with Crippen LogP contribution in [0, 0.1) is 5.82 Å². The lowest BCUT2D eigenvalue weighted by Crippen LogP contribution is -2.28. The molecule has 142 valence electrons. The fourth-order valence-electron chi connectivity index (χ4n) is 4.62. The summed E-state index contributed by atoms with van der Waals surface area (Å²) in [6.07, 6.45) is 4.24. The number of benzene rings is 2. The third kappa shape index (κ3) is 3.16. The molecule has 0 saturated carbocycles. The van der Waals surface area contributed by atoms with Crippen LogP contribution in [0.4, 0.5) is 4.39 Å². The lowest BCUT2D eigenvalue weighted by molar-refractivity contribution is 0.0693. The van der Waals surface area contributed by atoms with Gasteiger partial charge in [0.05, 0.1) is 0 Å². The molecular formula is C23H27FN2O. The molecule has 27 heavy (non-hydrogen) atoms. The Hall–Kier alpha value is -2.20. The van der Waals surface area contributed by atoms with Crippen molar-refractivity contribution < 1.29 is 9.18 Å². The molecular weight excluding hydrogens is 339 g/mol. The highest BCUT2D eigenvalue weighted by atomic mass is 19.1. The number of nitrogens with zero attached hydrogens (tertiary/aromatic N) is 2. The van der Waals surface area contributed by atoms with Crippen LogP contribution in [0.3, 0.4) is 0 Å². The quantitative estimate of drug-likeness (QED) is 0.740. The van der Waals surface area contributed by atoms with Crippen molar-refractivity contribution in [2.75, 3.05) is 13.1 Å². The first-order valence-electron chi connectivity index (χ1n) is 10.1. The number of hydrogen-bond donors (Lipinski definition) is 0. The Morgan fingerprint density at radius 2 is 1.74 bits per heavy atom. The molecule has 0 N–H and O–H groups in total. The number of hydrogen-bond acceptors (Lipinski definition) is 2. The van der Waals surface area contributed by atoms with Crippen LogP contribution in [0.1, 0.15) is 65.5 Å². The molecule has 0 aliphatic carbocycles. The van der Waals surface area contributed by atoms with E-state index in [0.29, 0.717) is 12.1 Å². The molecule has 2 heterocycles. The van der Waals surface area contributed by atoms with Gasteiger partial charge >= 0.3 is 0 Å². The average molecular weight is 366 g/mol. The summed E-state index contributed by atoms with van der Waals surface area (Å²) in [5, 5.41) is 0. The van der Waals surface area contributed by atoms with E-state index in [1.807, 2.05) is 4.90 Å². The van der Waals surface area contributed by atoms with Crippen LogP contribution in [0.5, 0.6) is 0 Å². The van der Waals surface area contributed by atoms with Gasteiger partial charge in [0.25, 0.3) is 5.91 Å². The highest BCUT2D eigenvalue weighted by Gasteiger charge is 2.44. The Labute approximate surface area is 160 Å².